The number of halogens is 1. The molecule has 146 valence electrons. The smallest absolute Gasteiger partial charge is 0.309 e. The molecule has 1 aliphatic heterocycles. The average molecular weight is 389 g/mol. The molecule has 0 saturated carbocycles. The van der Waals surface area contributed by atoms with Crippen molar-refractivity contribution in [2.45, 2.75) is 25.9 Å². The summed E-state index contributed by atoms with van der Waals surface area (Å²) in [5.41, 5.74) is -0.00244. The van der Waals surface area contributed by atoms with E-state index in [9.17, 15) is 20.0 Å². The molecule has 0 aliphatic carbocycles. The second-order valence-corrected chi connectivity index (χ2v) is 6.04. The fourth-order valence-corrected chi connectivity index (χ4v) is 2.82. The molecule has 1 aliphatic rings. The third-order valence-corrected chi connectivity index (χ3v) is 4.17. The maximum atomic E-state index is 11.7. The Morgan fingerprint density at radius 3 is 2.50 bits per heavy atom. The minimum atomic E-state index is -0.672. The Labute approximate surface area is 158 Å². The molecular weight excluding hydrogens is 364 g/mol. The molecular formula is C17H25ClN2O6. The number of rotatable bonds is 8. The molecule has 1 aromatic carbocycles. The van der Waals surface area contributed by atoms with Crippen LogP contribution in [-0.4, -0.2) is 59.9 Å². The molecule has 1 heterocycles. The van der Waals surface area contributed by atoms with Crippen molar-refractivity contribution < 1.29 is 24.3 Å². The van der Waals surface area contributed by atoms with Crippen LogP contribution in [0.25, 0.3) is 0 Å². The van der Waals surface area contributed by atoms with Crippen molar-refractivity contribution in [3.63, 3.8) is 0 Å². The predicted octanol–water partition coefficient (Wildman–Crippen LogP) is 2.03. The Hall–Kier alpha value is -1.90. The first-order valence-corrected chi connectivity index (χ1v) is 8.44. The van der Waals surface area contributed by atoms with Gasteiger partial charge in [-0.25, -0.2) is 0 Å². The molecule has 1 atom stereocenters. The zero-order valence-corrected chi connectivity index (χ0v) is 15.5. The van der Waals surface area contributed by atoms with Gasteiger partial charge < -0.3 is 19.5 Å². The van der Waals surface area contributed by atoms with Gasteiger partial charge in [-0.3, -0.25) is 14.9 Å². The fourth-order valence-electron chi connectivity index (χ4n) is 2.82. The van der Waals surface area contributed by atoms with Crippen LogP contribution >= 0.6 is 12.4 Å². The normalized spacial score (nSPS) is 16.4. The maximum absolute atomic E-state index is 11.7. The van der Waals surface area contributed by atoms with Crippen LogP contribution in [0.5, 0.6) is 5.75 Å². The molecule has 1 fully saturated rings. The number of hydrogen-bond donors (Lipinski definition) is 1. The number of carbonyl (C=O) groups is 1. The Balaban J connectivity index is 0.00000338. The Morgan fingerprint density at radius 2 is 1.96 bits per heavy atom. The summed E-state index contributed by atoms with van der Waals surface area (Å²) in [6.45, 7) is 4.24. The van der Waals surface area contributed by atoms with Crippen molar-refractivity contribution in [2.24, 2.45) is 5.92 Å². The highest BCUT2D eigenvalue weighted by atomic mass is 35.5. The van der Waals surface area contributed by atoms with Crippen LogP contribution in [0.15, 0.2) is 24.3 Å². The molecule has 1 saturated heterocycles. The molecule has 0 aromatic heterocycles. The van der Waals surface area contributed by atoms with Crippen LogP contribution in [-0.2, 0) is 9.53 Å². The Morgan fingerprint density at radius 1 is 1.35 bits per heavy atom. The number of ether oxygens (including phenoxy) is 2. The van der Waals surface area contributed by atoms with Crippen LogP contribution in [0.1, 0.15) is 19.8 Å². The quantitative estimate of drug-likeness (QED) is 0.413. The highest BCUT2D eigenvalue weighted by molar-refractivity contribution is 5.85. The van der Waals surface area contributed by atoms with Crippen LogP contribution in [0.2, 0.25) is 0 Å². The summed E-state index contributed by atoms with van der Waals surface area (Å²) < 4.78 is 10.5. The lowest BCUT2D eigenvalue weighted by Crippen LogP contribution is -2.42. The standard InChI is InChI=1S/C17H24N2O6.ClH/c1-2-24-17(21)13-7-9-18(10-8-13)11-15(20)12-25-16-5-3-14(4-6-16)19(22)23;/h3-6,13,15,20H,2,7-12H2,1H3;1H. The largest absolute Gasteiger partial charge is 0.491 e. The van der Waals surface area contributed by atoms with Crippen LogP contribution < -0.4 is 4.74 Å². The lowest BCUT2D eigenvalue weighted by Gasteiger charge is -2.32. The van der Waals surface area contributed by atoms with Crippen molar-refractivity contribution in [1.29, 1.82) is 0 Å². The molecule has 0 spiro atoms. The highest BCUT2D eigenvalue weighted by Gasteiger charge is 2.26. The first-order valence-electron chi connectivity index (χ1n) is 8.44. The number of nitro groups is 1. The van der Waals surface area contributed by atoms with Gasteiger partial charge in [0.15, 0.2) is 0 Å². The number of likely N-dealkylation sites (tertiary alicyclic amines) is 1. The molecule has 1 N–H and O–H groups in total. The minimum absolute atomic E-state index is 0. The number of carbonyl (C=O) groups excluding carboxylic acids is 1. The summed E-state index contributed by atoms with van der Waals surface area (Å²) in [6.07, 6.45) is 0.790. The number of aliphatic hydroxyl groups is 1. The summed E-state index contributed by atoms with van der Waals surface area (Å²) in [5.74, 6) is 0.291. The molecule has 0 bridgehead atoms. The van der Waals surface area contributed by atoms with Crippen LogP contribution in [0.4, 0.5) is 5.69 Å². The maximum Gasteiger partial charge on any atom is 0.309 e. The SMILES string of the molecule is CCOC(=O)C1CCN(CC(O)COc2ccc([N+](=O)[O-])cc2)CC1.Cl. The number of aliphatic hydroxyl groups excluding tert-OH is 1. The summed E-state index contributed by atoms with van der Waals surface area (Å²) >= 11 is 0. The third-order valence-electron chi connectivity index (χ3n) is 4.17. The van der Waals surface area contributed by atoms with E-state index in [2.05, 4.69) is 4.90 Å². The van der Waals surface area contributed by atoms with Gasteiger partial charge in [-0.15, -0.1) is 12.4 Å². The number of non-ortho nitro benzene ring substituents is 1. The van der Waals surface area contributed by atoms with Gasteiger partial charge in [0.05, 0.1) is 17.4 Å². The van der Waals surface area contributed by atoms with Gasteiger partial charge in [-0.2, -0.15) is 0 Å². The first-order chi connectivity index (χ1) is 12.0. The molecule has 26 heavy (non-hydrogen) atoms. The molecule has 1 aromatic rings. The second kappa shape index (κ2) is 10.9. The number of esters is 1. The average Bonchev–Trinajstić information content (AvgIpc) is 2.61. The van der Waals surface area contributed by atoms with Gasteiger partial charge >= 0.3 is 5.97 Å². The van der Waals surface area contributed by atoms with E-state index in [0.29, 0.717) is 18.9 Å². The second-order valence-electron chi connectivity index (χ2n) is 6.04. The Kier molecular flexibility index (Phi) is 9.32. The number of nitro benzene ring substituents is 1. The number of hydrogen-bond acceptors (Lipinski definition) is 7. The van der Waals surface area contributed by atoms with E-state index in [1.165, 1.54) is 24.3 Å². The van der Waals surface area contributed by atoms with Gasteiger partial charge in [0.2, 0.25) is 0 Å². The van der Waals surface area contributed by atoms with E-state index in [1.807, 2.05) is 0 Å². The zero-order valence-electron chi connectivity index (χ0n) is 14.7. The highest BCUT2D eigenvalue weighted by Crippen LogP contribution is 2.20. The molecule has 0 amide bonds. The summed E-state index contributed by atoms with van der Waals surface area (Å²) in [7, 11) is 0. The van der Waals surface area contributed by atoms with Gasteiger partial charge in [0, 0.05) is 18.7 Å². The summed E-state index contributed by atoms with van der Waals surface area (Å²) in [6, 6.07) is 5.75. The topological polar surface area (TPSA) is 102 Å². The number of benzene rings is 1. The molecule has 1 unspecified atom stereocenters. The summed E-state index contributed by atoms with van der Waals surface area (Å²) in [5, 5.41) is 20.7. The van der Waals surface area contributed by atoms with Crippen LogP contribution in [0, 0.1) is 16.0 Å². The first kappa shape index (κ1) is 22.1. The lowest BCUT2D eigenvalue weighted by molar-refractivity contribution is -0.384. The van der Waals surface area contributed by atoms with E-state index in [0.717, 1.165) is 25.9 Å². The molecule has 9 heteroatoms. The van der Waals surface area contributed by atoms with Gasteiger partial charge in [0.25, 0.3) is 5.69 Å². The van der Waals surface area contributed by atoms with E-state index in [1.54, 1.807) is 6.92 Å². The third kappa shape index (κ3) is 6.78. The Bertz CT molecular complexity index is 575. The van der Waals surface area contributed by atoms with Gasteiger partial charge in [-0.1, -0.05) is 0 Å². The molecule has 2 rings (SSSR count). The van der Waals surface area contributed by atoms with E-state index in [4.69, 9.17) is 9.47 Å². The lowest BCUT2D eigenvalue weighted by atomic mass is 9.97. The van der Waals surface area contributed by atoms with Gasteiger partial charge in [-0.05, 0) is 45.0 Å². The van der Waals surface area contributed by atoms with Crippen molar-refractivity contribution in [3.8, 4) is 5.75 Å². The minimum Gasteiger partial charge on any atom is -0.491 e. The number of piperidine rings is 1. The van der Waals surface area contributed by atoms with Crippen molar-refractivity contribution >= 4 is 24.1 Å². The number of nitrogens with zero attached hydrogens (tertiary/aromatic N) is 2. The molecule has 0 radical (unpaired) electrons. The van der Waals surface area contributed by atoms with Crippen molar-refractivity contribution in [3.05, 3.63) is 34.4 Å². The fraction of sp³-hybridized carbons (Fsp3) is 0.588. The monoisotopic (exact) mass is 388 g/mol. The van der Waals surface area contributed by atoms with E-state index >= 15 is 0 Å². The summed E-state index contributed by atoms with van der Waals surface area (Å²) in [4.78, 5) is 23.9. The van der Waals surface area contributed by atoms with Crippen molar-refractivity contribution in [2.75, 3.05) is 32.8 Å². The molecule has 8 nitrogen and oxygen atoms in total. The predicted molar refractivity (Wildman–Crippen MR) is 97.6 cm³/mol. The van der Waals surface area contributed by atoms with E-state index in [-0.39, 0.29) is 36.6 Å². The number of β-amino-alcohol motifs (C(OH)–C–C–N with tert-alkyl or cyclic N) is 1. The van der Waals surface area contributed by atoms with Crippen LogP contribution in [0.3, 0.4) is 0 Å². The zero-order chi connectivity index (χ0) is 18.2. The van der Waals surface area contributed by atoms with Gasteiger partial charge in [0.1, 0.15) is 18.5 Å². The van der Waals surface area contributed by atoms with Crippen molar-refractivity contribution in [1.82, 2.24) is 4.90 Å². The van der Waals surface area contributed by atoms with E-state index < -0.39 is 11.0 Å².